The molecule has 0 aliphatic rings. The van der Waals surface area contributed by atoms with Crippen LogP contribution < -0.4 is 10.1 Å². The van der Waals surface area contributed by atoms with Crippen LogP contribution in [0.1, 0.15) is 37.3 Å². The number of likely N-dealkylation sites (N-methyl/N-ethyl adjacent to an activating group) is 1. The Kier molecular flexibility index (Phi) is 7.41. The van der Waals surface area contributed by atoms with Gasteiger partial charge >= 0.3 is 0 Å². The molecule has 0 aliphatic heterocycles. The van der Waals surface area contributed by atoms with Crippen LogP contribution in [-0.2, 0) is 9.59 Å². The van der Waals surface area contributed by atoms with Crippen LogP contribution >= 0.6 is 0 Å². The molecule has 1 unspecified atom stereocenters. The topological polar surface area (TPSA) is 58.6 Å². The SMILES string of the molecule is CCC(C)c1ccccc1OCC(=O)N(C)CC(=O)Nc1ccc(C)cc1. The van der Waals surface area contributed by atoms with E-state index in [9.17, 15) is 9.59 Å². The lowest BCUT2D eigenvalue weighted by atomic mass is 9.98. The van der Waals surface area contributed by atoms with Gasteiger partial charge in [-0.1, -0.05) is 49.7 Å². The minimum atomic E-state index is -0.243. The van der Waals surface area contributed by atoms with Crippen molar-refractivity contribution in [3.8, 4) is 5.75 Å². The zero-order valence-corrected chi connectivity index (χ0v) is 16.5. The molecule has 0 aromatic heterocycles. The number of ether oxygens (including phenoxy) is 1. The van der Waals surface area contributed by atoms with Crippen LogP contribution in [0.25, 0.3) is 0 Å². The number of carbonyl (C=O) groups excluding carboxylic acids is 2. The van der Waals surface area contributed by atoms with Gasteiger partial charge in [-0.05, 0) is 43.0 Å². The van der Waals surface area contributed by atoms with Crippen molar-refractivity contribution >= 4 is 17.5 Å². The average Bonchev–Trinajstić information content (AvgIpc) is 2.67. The molecule has 0 saturated heterocycles. The van der Waals surface area contributed by atoms with E-state index < -0.39 is 0 Å². The monoisotopic (exact) mass is 368 g/mol. The molecule has 2 amide bonds. The molecule has 5 nitrogen and oxygen atoms in total. The number of aryl methyl sites for hydroxylation is 1. The highest BCUT2D eigenvalue weighted by molar-refractivity contribution is 5.94. The Bertz CT molecular complexity index is 771. The fourth-order valence-electron chi connectivity index (χ4n) is 2.63. The third kappa shape index (κ3) is 6.13. The van der Waals surface area contributed by atoms with Crippen molar-refractivity contribution in [2.45, 2.75) is 33.1 Å². The predicted molar refractivity (Wildman–Crippen MR) is 108 cm³/mol. The first-order valence-electron chi connectivity index (χ1n) is 9.23. The summed E-state index contributed by atoms with van der Waals surface area (Å²) in [6, 6.07) is 15.3. The van der Waals surface area contributed by atoms with Gasteiger partial charge in [0.2, 0.25) is 5.91 Å². The van der Waals surface area contributed by atoms with Crippen LogP contribution in [0.3, 0.4) is 0 Å². The van der Waals surface area contributed by atoms with E-state index in [1.165, 1.54) is 4.90 Å². The van der Waals surface area contributed by atoms with Crippen LogP contribution in [0.2, 0.25) is 0 Å². The van der Waals surface area contributed by atoms with Gasteiger partial charge in [0.05, 0.1) is 6.54 Å². The maximum absolute atomic E-state index is 12.3. The fraction of sp³-hybridized carbons (Fsp3) is 0.364. The molecular weight excluding hydrogens is 340 g/mol. The molecule has 1 N–H and O–H groups in total. The Labute approximate surface area is 161 Å². The number of nitrogens with zero attached hydrogens (tertiary/aromatic N) is 1. The van der Waals surface area contributed by atoms with Gasteiger partial charge in [-0.25, -0.2) is 0 Å². The Morgan fingerprint density at radius 1 is 1.11 bits per heavy atom. The summed E-state index contributed by atoms with van der Waals surface area (Å²) in [5, 5.41) is 2.79. The average molecular weight is 368 g/mol. The normalized spacial score (nSPS) is 11.6. The number of para-hydroxylation sites is 1. The van der Waals surface area contributed by atoms with Crippen LogP contribution in [-0.4, -0.2) is 36.9 Å². The molecule has 0 spiro atoms. The maximum Gasteiger partial charge on any atom is 0.260 e. The Hall–Kier alpha value is -2.82. The van der Waals surface area contributed by atoms with Gasteiger partial charge in [0.15, 0.2) is 6.61 Å². The molecule has 0 bridgehead atoms. The number of hydrogen-bond donors (Lipinski definition) is 1. The standard InChI is InChI=1S/C22H28N2O3/c1-5-17(3)19-8-6-7-9-20(19)27-15-22(26)24(4)14-21(25)23-18-12-10-16(2)11-13-18/h6-13,17H,5,14-15H2,1-4H3,(H,23,25). The highest BCUT2D eigenvalue weighted by Gasteiger charge is 2.16. The minimum Gasteiger partial charge on any atom is -0.483 e. The molecule has 144 valence electrons. The van der Waals surface area contributed by atoms with Crippen molar-refractivity contribution in [2.24, 2.45) is 0 Å². The summed E-state index contributed by atoms with van der Waals surface area (Å²) in [7, 11) is 1.60. The highest BCUT2D eigenvalue weighted by Crippen LogP contribution is 2.28. The summed E-state index contributed by atoms with van der Waals surface area (Å²) >= 11 is 0. The van der Waals surface area contributed by atoms with Crippen molar-refractivity contribution < 1.29 is 14.3 Å². The molecule has 0 saturated carbocycles. The van der Waals surface area contributed by atoms with Gasteiger partial charge < -0.3 is 15.0 Å². The summed E-state index contributed by atoms with van der Waals surface area (Å²) in [6.45, 7) is 6.11. The lowest BCUT2D eigenvalue weighted by Gasteiger charge is -2.19. The first-order valence-corrected chi connectivity index (χ1v) is 9.23. The zero-order valence-electron chi connectivity index (χ0n) is 16.5. The molecule has 0 fully saturated rings. The van der Waals surface area contributed by atoms with Crippen molar-refractivity contribution in [3.63, 3.8) is 0 Å². The summed E-state index contributed by atoms with van der Waals surface area (Å²) in [4.78, 5) is 25.8. The van der Waals surface area contributed by atoms with E-state index in [1.54, 1.807) is 7.05 Å². The lowest BCUT2D eigenvalue weighted by molar-refractivity contribution is -0.135. The second-order valence-electron chi connectivity index (χ2n) is 6.80. The zero-order chi connectivity index (χ0) is 19.8. The van der Waals surface area contributed by atoms with Crippen LogP contribution in [0.4, 0.5) is 5.69 Å². The Morgan fingerprint density at radius 3 is 2.44 bits per heavy atom. The molecule has 2 aromatic rings. The second-order valence-corrected chi connectivity index (χ2v) is 6.80. The van der Waals surface area contributed by atoms with E-state index in [2.05, 4.69) is 19.2 Å². The van der Waals surface area contributed by atoms with Crippen molar-refractivity contribution in [1.82, 2.24) is 4.90 Å². The quantitative estimate of drug-likeness (QED) is 0.767. The predicted octanol–water partition coefficient (Wildman–Crippen LogP) is 3.98. The third-order valence-electron chi connectivity index (χ3n) is 4.56. The summed E-state index contributed by atoms with van der Waals surface area (Å²) in [6.07, 6.45) is 0.993. The summed E-state index contributed by atoms with van der Waals surface area (Å²) in [5.41, 5.74) is 2.92. The van der Waals surface area contributed by atoms with E-state index in [4.69, 9.17) is 4.74 Å². The molecule has 27 heavy (non-hydrogen) atoms. The van der Waals surface area contributed by atoms with Crippen molar-refractivity contribution in [1.29, 1.82) is 0 Å². The molecule has 1 atom stereocenters. The van der Waals surface area contributed by atoms with Crippen LogP contribution in [0, 0.1) is 6.92 Å². The van der Waals surface area contributed by atoms with Crippen molar-refractivity contribution in [2.75, 3.05) is 25.5 Å². The number of hydrogen-bond acceptors (Lipinski definition) is 3. The number of carbonyl (C=O) groups is 2. The molecule has 2 rings (SSSR count). The molecule has 5 heteroatoms. The molecule has 0 radical (unpaired) electrons. The maximum atomic E-state index is 12.3. The first-order chi connectivity index (χ1) is 12.9. The molecule has 2 aromatic carbocycles. The largest absolute Gasteiger partial charge is 0.483 e. The number of amides is 2. The Balaban J connectivity index is 1.87. The first kappa shape index (κ1) is 20.5. The summed E-state index contributed by atoms with van der Waals surface area (Å²) < 4.78 is 5.73. The second kappa shape index (κ2) is 9.76. The number of rotatable bonds is 8. The lowest BCUT2D eigenvalue weighted by Crippen LogP contribution is -2.37. The van der Waals surface area contributed by atoms with E-state index in [-0.39, 0.29) is 25.0 Å². The number of benzene rings is 2. The highest BCUT2D eigenvalue weighted by atomic mass is 16.5. The molecular formula is C22H28N2O3. The number of nitrogens with one attached hydrogen (secondary N) is 1. The van der Waals surface area contributed by atoms with Gasteiger partial charge in [0, 0.05) is 12.7 Å². The van der Waals surface area contributed by atoms with E-state index in [1.807, 2.05) is 55.5 Å². The van der Waals surface area contributed by atoms with Crippen molar-refractivity contribution in [3.05, 3.63) is 59.7 Å². The molecule has 0 aliphatic carbocycles. The van der Waals surface area contributed by atoms with E-state index in [0.717, 1.165) is 23.3 Å². The van der Waals surface area contributed by atoms with Crippen LogP contribution in [0.15, 0.2) is 48.5 Å². The number of anilines is 1. The minimum absolute atomic E-state index is 0.0247. The van der Waals surface area contributed by atoms with Crippen LogP contribution in [0.5, 0.6) is 5.75 Å². The van der Waals surface area contributed by atoms with E-state index in [0.29, 0.717) is 11.6 Å². The molecule has 0 heterocycles. The van der Waals surface area contributed by atoms with E-state index >= 15 is 0 Å². The van der Waals surface area contributed by atoms with Gasteiger partial charge in [-0.15, -0.1) is 0 Å². The van der Waals surface area contributed by atoms with Gasteiger partial charge in [-0.2, -0.15) is 0 Å². The van der Waals surface area contributed by atoms with Gasteiger partial charge in [0.1, 0.15) is 5.75 Å². The smallest absolute Gasteiger partial charge is 0.260 e. The fourth-order valence-corrected chi connectivity index (χ4v) is 2.63. The summed E-state index contributed by atoms with van der Waals surface area (Å²) in [5.74, 6) is 0.592. The Morgan fingerprint density at radius 2 is 1.78 bits per heavy atom. The van der Waals surface area contributed by atoms with Gasteiger partial charge in [0.25, 0.3) is 5.91 Å². The third-order valence-corrected chi connectivity index (χ3v) is 4.56. The van der Waals surface area contributed by atoms with Gasteiger partial charge in [-0.3, -0.25) is 9.59 Å².